The summed E-state index contributed by atoms with van der Waals surface area (Å²) in [5.74, 6) is 0.511. The van der Waals surface area contributed by atoms with Gasteiger partial charge in [0.05, 0.1) is 25.8 Å². The zero-order chi connectivity index (χ0) is 19.4. The smallest absolute Gasteiger partial charge is 0.229 e. The quantitative estimate of drug-likeness (QED) is 0.850. The van der Waals surface area contributed by atoms with Crippen molar-refractivity contribution < 1.29 is 19.1 Å². The van der Waals surface area contributed by atoms with Gasteiger partial charge in [0.15, 0.2) is 0 Å². The van der Waals surface area contributed by atoms with Gasteiger partial charge in [-0.1, -0.05) is 19.1 Å². The summed E-state index contributed by atoms with van der Waals surface area (Å²) in [6.07, 6.45) is 1.14. The van der Waals surface area contributed by atoms with Gasteiger partial charge in [-0.15, -0.1) is 0 Å². The lowest BCUT2D eigenvalue weighted by molar-refractivity contribution is -0.122. The first-order valence-corrected chi connectivity index (χ1v) is 8.98. The number of hydrogen-bond acceptors (Lipinski definition) is 4. The molecule has 27 heavy (non-hydrogen) atoms. The minimum Gasteiger partial charge on any atom is -0.497 e. The van der Waals surface area contributed by atoms with Crippen molar-refractivity contribution in [1.82, 2.24) is 0 Å². The van der Waals surface area contributed by atoms with Crippen molar-refractivity contribution in [3.8, 4) is 11.5 Å². The molecule has 0 saturated carbocycles. The normalized spacial score (nSPS) is 16.3. The molecular weight excluding hydrogens is 344 g/mol. The molecule has 0 unspecified atom stereocenters. The van der Waals surface area contributed by atoms with E-state index in [1.54, 1.807) is 30.2 Å². The number of amides is 2. The van der Waals surface area contributed by atoms with Crippen molar-refractivity contribution in [2.75, 3.05) is 31.0 Å². The van der Waals surface area contributed by atoms with Gasteiger partial charge >= 0.3 is 0 Å². The van der Waals surface area contributed by atoms with E-state index in [9.17, 15) is 9.59 Å². The molecule has 2 amide bonds. The molecule has 2 aromatic carbocycles. The number of ether oxygens (including phenoxy) is 2. The summed E-state index contributed by atoms with van der Waals surface area (Å²) in [6.45, 7) is 2.46. The van der Waals surface area contributed by atoms with Gasteiger partial charge in [-0.2, -0.15) is 0 Å². The first-order chi connectivity index (χ1) is 13.0. The number of methoxy groups -OCH3 is 2. The van der Waals surface area contributed by atoms with Gasteiger partial charge in [-0.05, 0) is 36.2 Å². The van der Waals surface area contributed by atoms with Crippen molar-refractivity contribution in [1.29, 1.82) is 0 Å². The Morgan fingerprint density at radius 3 is 2.52 bits per heavy atom. The van der Waals surface area contributed by atoms with Gasteiger partial charge < -0.3 is 19.7 Å². The van der Waals surface area contributed by atoms with Gasteiger partial charge in [0, 0.05) is 24.7 Å². The number of nitrogens with one attached hydrogen (secondary N) is 1. The molecule has 1 aliphatic rings. The van der Waals surface area contributed by atoms with Crippen molar-refractivity contribution in [3.05, 3.63) is 48.0 Å². The number of carbonyl (C=O) groups excluding carboxylic acids is 2. The van der Waals surface area contributed by atoms with E-state index in [-0.39, 0.29) is 18.2 Å². The van der Waals surface area contributed by atoms with Gasteiger partial charge in [-0.3, -0.25) is 9.59 Å². The first-order valence-electron chi connectivity index (χ1n) is 8.98. The van der Waals surface area contributed by atoms with Crippen LogP contribution in [0.1, 0.15) is 18.9 Å². The predicted molar refractivity (Wildman–Crippen MR) is 104 cm³/mol. The van der Waals surface area contributed by atoms with Crippen LogP contribution in [0.5, 0.6) is 11.5 Å². The van der Waals surface area contributed by atoms with E-state index in [0.29, 0.717) is 23.7 Å². The van der Waals surface area contributed by atoms with Crippen LogP contribution < -0.4 is 19.7 Å². The van der Waals surface area contributed by atoms with Gasteiger partial charge in [-0.25, -0.2) is 0 Å². The summed E-state index contributed by atoms with van der Waals surface area (Å²) in [7, 11) is 3.10. The lowest BCUT2D eigenvalue weighted by atomic mass is 10.1. The molecule has 1 heterocycles. The fraction of sp³-hybridized carbons (Fsp3) is 0.333. The molecule has 0 aromatic heterocycles. The number of carbonyl (C=O) groups is 2. The zero-order valence-corrected chi connectivity index (χ0v) is 15.8. The number of benzene rings is 2. The third kappa shape index (κ3) is 4.05. The standard InChI is InChI=1S/C21H24N2O4/c1-4-14-5-7-16(8-6-14)23-13-15(11-20(23)24)21(25)22-18-10-9-17(26-2)12-19(18)27-3/h5-10,12,15H,4,11,13H2,1-3H3,(H,22,25)/t15-/m0/s1. The summed E-state index contributed by atoms with van der Waals surface area (Å²) < 4.78 is 10.5. The summed E-state index contributed by atoms with van der Waals surface area (Å²) in [5.41, 5.74) is 2.60. The highest BCUT2D eigenvalue weighted by Gasteiger charge is 2.35. The molecule has 1 N–H and O–H groups in total. The average Bonchev–Trinajstić information content (AvgIpc) is 3.10. The number of hydrogen-bond donors (Lipinski definition) is 1. The van der Waals surface area contributed by atoms with Crippen molar-refractivity contribution in [2.24, 2.45) is 5.92 Å². The van der Waals surface area contributed by atoms with E-state index in [4.69, 9.17) is 9.47 Å². The number of aryl methyl sites for hydroxylation is 1. The van der Waals surface area contributed by atoms with Gasteiger partial charge in [0.25, 0.3) is 0 Å². The summed E-state index contributed by atoms with van der Waals surface area (Å²) in [5, 5.41) is 2.87. The fourth-order valence-corrected chi connectivity index (χ4v) is 3.18. The van der Waals surface area contributed by atoms with E-state index in [1.165, 1.54) is 12.7 Å². The third-order valence-electron chi connectivity index (χ3n) is 4.82. The molecule has 0 radical (unpaired) electrons. The summed E-state index contributed by atoms with van der Waals surface area (Å²) >= 11 is 0. The molecular formula is C21H24N2O4. The second kappa shape index (κ2) is 8.12. The molecule has 1 atom stereocenters. The Hall–Kier alpha value is -3.02. The van der Waals surface area contributed by atoms with E-state index < -0.39 is 5.92 Å². The molecule has 2 aromatic rings. The highest BCUT2D eigenvalue weighted by atomic mass is 16.5. The van der Waals surface area contributed by atoms with Crippen LogP contribution in [0.15, 0.2) is 42.5 Å². The molecule has 3 rings (SSSR count). The minimum atomic E-state index is -0.407. The van der Waals surface area contributed by atoms with Crippen LogP contribution in [0.2, 0.25) is 0 Å². The Morgan fingerprint density at radius 1 is 1.15 bits per heavy atom. The van der Waals surface area contributed by atoms with Crippen LogP contribution in [0.4, 0.5) is 11.4 Å². The average molecular weight is 368 g/mol. The van der Waals surface area contributed by atoms with Crippen LogP contribution in [0.25, 0.3) is 0 Å². The molecule has 0 spiro atoms. The van der Waals surface area contributed by atoms with Crippen molar-refractivity contribution >= 4 is 23.2 Å². The van der Waals surface area contributed by atoms with Crippen LogP contribution >= 0.6 is 0 Å². The van der Waals surface area contributed by atoms with Crippen LogP contribution in [-0.2, 0) is 16.0 Å². The van der Waals surface area contributed by atoms with Gasteiger partial charge in [0.1, 0.15) is 11.5 Å². The van der Waals surface area contributed by atoms with Crippen molar-refractivity contribution in [3.63, 3.8) is 0 Å². The maximum absolute atomic E-state index is 12.7. The Labute approximate surface area is 159 Å². The summed E-state index contributed by atoms with van der Waals surface area (Å²) in [4.78, 5) is 26.8. The highest BCUT2D eigenvalue weighted by molar-refractivity contribution is 6.04. The zero-order valence-electron chi connectivity index (χ0n) is 15.8. The maximum Gasteiger partial charge on any atom is 0.229 e. The second-order valence-corrected chi connectivity index (χ2v) is 6.48. The SMILES string of the molecule is CCc1ccc(N2C[C@@H](C(=O)Nc3ccc(OC)cc3OC)CC2=O)cc1. The van der Waals surface area contributed by atoms with E-state index in [1.807, 2.05) is 24.3 Å². The largest absolute Gasteiger partial charge is 0.497 e. The topological polar surface area (TPSA) is 67.9 Å². The summed E-state index contributed by atoms with van der Waals surface area (Å²) in [6, 6.07) is 13.1. The molecule has 6 nitrogen and oxygen atoms in total. The Bertz CT molecular complexity index is 833. The lowest BCUT2D eigenvalue weighted by Gasteiger charge is -2.17. The van der Waals surface area contributed by atoms with E-state index >= 15 is 0 Å². The number of rotatable bonds is 6. The highest BCUT2D eigenvalue weighted by Crippen LogP contribution is 2.31. The first kappa shape index (κ1) is 18.8. The van der Waals surface area contributed by atoms with Crippen LogP contribution in [-0.4, -0.2) is 32.6 Å². The molecule has 142 valence electrons. The molecule has 6 heteroatoms. The maximum atomic E-state index is 12.7. The molecule has 1 saturated heterocycles. The molecule has 0 aliphatic carbocycles. The molecule has 1 fully saturated rings. The van der Waals surface area contributed by atoms with Crippen molar-refractivity contribution in [2.45, 2.75) is 19.8 Å². The van der Waals surface area contributed by atoms with Crippen LogP contribution in [0.3, 0.4) is 0 Å². The predicted octanol–water partition coefficient (Wildman–Crippen LogP) is 3.26. The Kier molecular flexibility index (Phi) is 5.64. The number of anilines is 2. The van der Waals surface area contributed by atoms with E-state index in [2.05, 4.69) is 12.2 Å². The second-order valence-electron chi connectivity index (χ2n) is 6.48. The number of nitrogens with zero attached hydrogens (tertiary/aromatic N) is 1. The Balaban J connectivity index is 1.70. The minimum absolute atomic E-state index is 0.0407. The van der Waals surface area contributed by atoms with E-state index in [0.717, 1.165) is 12.1 Å². The third-order valence-corrected chi connectivity index (χ3v) is 4.82. The molecule has 1 aliphatic heterocycles. The fourth-order valence-electron chi connectivity index (χ4n) is 3.18. The monoisotopic (exact) mass is 368 g/mol. The lowest BCUT2D eigenvalue weighted by Crippen LogP contribution is -2.28. The van der Waals surface area contributed by atoms with Crippen LogP contribution in [0, 0.1) is 5.92 Å². The van der Waals surface area contributed by atoms with Gasteiger partial charge in [0.2, 0.25) is 11.8 Å². The Morgan fingerprint density at radius 2 is 1.89 bits per heavy atom. The molecule has 0 bridgehead atoms.